The van der Waals surface area contributed by atoms with Crippen molar-refractivity contribution in [1.82, 2.24) is 0 Å². The van der Waals surface area contributed by atoms with E-state index in [9.17, 15) is 14.4 Å². The van der Waals surface area contributed by atoms with E-state index in [1.807, 2.05) is 13.0 Å². The Morgan fingerprint density at radius 2 is 1.76 bits per heavy atom. The summed E-state index contributed by atoms with van der Waals surface area (Å²) in [5.41, 5.74) is 2.73. The Bertz CT molecular complexity index is 1490. The Hall–Kier alpha value is -3.90. The van der Waals surface area contributed by atoms with Gasteiger partial charge in [0.15, 0.2) is 5.43 Å². The predicted molar refractivity (Wildman–Crippen MR) is 125 cm³/mol. The Morgan fingerprint density at radius 3 is 2.45 bits per heavy atom. The highest BCUT2D eigenvalue weighted by Crippen LogP contribution is 2.42. The van der Waals surface area contributed by atoms with E-state index in [1.54, 1.807) is 60.7 Å². The molecule has 7 heteroatoms. The lowest BCUT2D eigenvalue weighted by atomic mass is 9.97. The quantitative estimate of drug-likeness (QED) is 0.389. The smallest absolute Gasteiger partial charge is 0.337 e. The Kier molecular flexibility index (Phi) is 5.02. The number of carbonyl (C=O) groups excluding carboxylic acids is 2. The highest BCUT2D eigenvalue weighted by molar-refractivity contribution is 6.31. The molecule has 1 atom stereocenters. The van der Waals surface area contributed by atoms with Crippen LogP contribution in [-0.2, 0) is 4.74 Å². The van der Waals surface area contributed by atoms with E-state index in [0.717, 1.165) is 5.56 Å². The molecule has 1 aliphatic heterocycles. The highest BCUT2D eigenvalue weighted by atomic mass is 35.5. The summed E-state index contributed by atoms with van der Waals surface area (Å²) in [6, 6.07) is 18.0. The van der Waals surface area contributed by atoms with E-state index in [2.05, 4.69) is 0 Å². The molecule has 0 spiro atoms. The molecule has 0 fully saturated rings. The minimum Gasteiger partial charge on any atom is -0.465 e. The van der Waals surface area contributed by atoms with Crippen molar-refractivity contribution < 1.29 is 18.7 Å². The van der Waals surface area contributed by atoms with Gasteiger partial charge in [0.2, 0.25) is 5.76 Å². The van der Waals surface area contributed by atoms with E-state index in [1.165, 1.54) is 12.0 Å². The van der Waals surface area contributed by atoms with Gasteiger partial charge in [-0.15, -0.1) is 0 Å². The van der Waals surface area contributed by atoms with Crippen LogP contribution in [0, 0.1) is 6.92 Å². The van der Waals surface area contributed by atoms with Crippen molar-refractivity contribution >= 4 is 40.1 Å². The fourth-order valence-electron chi connectivity index (χ4n) is 4.15. The first-order chi connectivity index (χ1) is 15.9. The Balaban J connectivity index is 1.76. The van der Waals surface area contributed by atoms with Crippen LogP contribution in [0.4, 0.5) is 5.69 Å². The summed E-state index contributed by atoms with van der Waals surface area (Å²) in [5.74, 6) is -0.913. The number of amides is 1. The molecule has 0 saturated heterocycles. The second kappa shape index (κ2) is 7.90. The predicted octanol–water partition coefficient (Wildman–Crippen LogP) is 5.29. The van der Waals surface area contributed by atoms with Crippen LogP contribution in [0.25, 0.3) is 11.0 Å². The van der Waals surface area contributed by atoms with Crippen molar-refractivity contribution in [2.45, 2.75) is 13.0 Å². The van der Waals surface area contributed by atoms with Crippen LogP contribution in [-0.4, -0.2) is 19.0 Å². The second-order valence-corrected chi connectivity index (χ2v) is 8.20. The zero-order chi connectivity index (χ0) is 23.3. The van der Waals surface area contributed by atoms with Gasteiger partial charge in [-0.2, -0.15) is 0 Å². The molecule has 1 amide bonds. The third kappa shape index (κ3) is 3.31. The first kappa shape index (κ1) is 21.0. The topological polar surface area (TPSA) is 76.8 Å². The largest absolute Gasteiger partial charge is 0.465 e. The third-order valence-corrected chi connectivity index (χ3v) is 6.27. The summed E-state index contributed by atoms with van der Waals surface area (Å²) in [6.07, 6.45) is 0. The molecule has 0 saturated carbocycles. The van der Waals surface area contributed by atoms with Gasteiger partial charge >= 0.3 is 5.97 Å². The summed E-state index contributed by atoms with van der Waals surface area (Å²) in [6.45, 7) is 1.87. The Labute approximate surface area is 194 Å². The van der Waals surface area contributed by atoms with E-state index in [-0.39, 0.29) is 16.8 Å². The van der Waals surface area contributed by atoms with Gasteiger partial charge in [-0.05, 0) is 54.4 Å². The van der Waals surface area contributed by atoms with Crippen molar-refractivity contribution in [3.05, 3.63) is 110 Å². The molecule has 0 N–H and O–H groups in total. The summed E-state index contributed by atoms with van der Waals surface area (Å²) >= 11 is 6.36. The van der Waals surface area contributed by atoms with E-state index >= 15 is 0 Å². The molecule has 33 heavy (non-hydrogen) atoms. The van der Waals surface area contributed by atoms with Crippen LogP contribution < -0.4 is 10.3 Å². The van der Waals surface area contributed by atoms with Crippen LogP contribution in [0.2, 0.25) is 5.02 Å². The van der Waals surface area contributed by atoms with Gasteiger partial charge in [0.25, 0.3) is 5.91 Å². The van der Waals surface area contributed by atoms with Gasteiger partial charge in [0.05, 0.1) is 29.7 Å². The maximum atomic E-state index is 13.6. The lowest BCUT2D eigenvalue weighted by Gasteiger charge is -2.25. The number of hydrogen-bond acceptors (Lipinski definition) is 5. The molecule has 0 bridgehead atoms. The lowest BCUT2D eigenvalue weighted by Crippen LogP contribution is -2.29. The number of ether oxygens (including phenoxy) is 1. The Morgan fingerprint density at radius 1 is 1.03 bits per heavy atom. The molecule has 1 aliphatic rings. The third-order valence-electron chi connectivity index (χ3n) is 5.86. The monoisotopic (exact) mass is 459 g/mol. The maximum absolute atomic E-state index is 13.6. The van der Waals surface area contributed by atoms with E-state index in [0.29, 0.717) is 32.8 Å². The molecule has 0 aliphatic carbocycles. The number of para-hydroxylation sites is 1. The fraction of sp³-hybridized carbons (Fsp3) is 0.115. The van der Waals surface area contributed by atoms with Crippen molar-refractivity contribution in [2.75, 3.05) is 12.0 Å². The zero-order valence-corrected chi connectivity index (χ0v) is 18.6. The summed E-state index contributed by atoms with van der Waals surface area (Å²) in [5, 5.41) is 0.893. The number of nitrogens with zero attached hydrogens (tertiary/aromatic N) is 1. The van der Waals surface area contributed by atoms with Gasteiger partial charge in [-0.1, -0.05) is 41.9 Å². The molecule has 3 aromatic carbocycles. The standard InChI is InChI=1S/C26H18ClNO5/c1-14-7-12-17(13-19(14)27)28-22(15-8-10-16(11-9-15)26(31)32-2)21-23(29)18-5-3-4-6-20(18)33-24(21)25(28)30/h3-13,22H,1-2H3. The first-order valence-electron chi connectivity index (χ1n) is 10.2. The molecule has 1 unspecified atom stereocenters. The number of halogens is 1. The summed E-state index contributed by atoms with van der Waals surface area (Å²) in [7, 11) is 1.31. The second-order valence-electron chi connectivity index (χ2n) is 7.79. The molecule has 0 radical (unpaired) electrons. The number of benzene rings is 3. The summed E-state index contributed by atoms with van der Waals surface area (Å²) < 4.78 is 10.7. The van der Waals surface area contributed by atoms with Crippen LogP contribution in [0.15, 0.2) is 75.9 Å². The van der Waals surface area contributed by atoms with Gasteiger partial charge in [0, 0.05) is 10.7 Å². The lowest BCUT2D eigenvalue weighted by molar-refractivity contribution is 0.0600. The van der Waals surface area contributed by atoms with Gasteiger partial charge in [-0.3, -0.25) is 14.5 Å². The van der Waals surface area contributed by atoms with Crippen LogP contribution in [0.5, 0.6) is 0 Å². The molecule has 5 rings (SSSR count). The fourth-order valence-corrected chi connectivity index (χ4v) is 4.33. The van der Waals surface area contributed by atoms with E-state index in [4.69, 9.17) is 20.8 Å². The minimum absolute atomic E-state index is 0.00237. The first-order valence-corrected chi connectivity index (χ1v) is 10.6. The molecule has 1 aromatic heterocycles. The molecule has 4 aromatic rings. The number of anilines is 1. The molecular formula is C26H18ClNO5. The van der Waals surface area contributed by atoms with Crippen LogP contribution in [0.3, 0.4) is 0 Å². The van der Waals surface area contributed by atoms with Gasteiger partial charge in [-0.25, -0.2) is 4.79 Å². The van der Waals surface area contributed by atoms with E-state index < -0.39 is 17.9 Å². The van der Waals surface area contributed by atoms with Crippen molar-refractivity contribution in [1.29, 1.82) is 0 Å². The van der Waals surface area contributed by atoms with Crippen LogP contribution in [0.1, 0.15) is 43.6 Å². The molecular weight excluding hydrogens is 442 g/mol. The number of esters is 1. The number of aryl methyl sites for hydroxylation is 1. The van der Waals surface area contributed by atoms with Gasteiger partial charge in [0.1, 0.15) is 5.58 Å². The van der Waals surface area contributed by atoms with Crippen LogP contribution >= 0.6 is 11.6 Å². The number of fused-ring (bicyclic) bond motifs is 2. The normalized spacial score (nSPS) is 15.1. The number of methoxy groups -OCH3 is 1. The average molecular weight is 460 g/mol. The van der Waals surface area contributed by atoms with Crippen molar-refractivity contribution in [3.63, 3.8) is 0 Å². The molecule has 6 nitrogen and oxygen atoms in total. The highest BCUT2D eigenvalue weighted by Gasteiger charge is 2.43. The summed E-state index contributed by atoms with van der Waals surface area (Å²) in [4.78, 5) is 40.5. The molecule has 2 heterocycles. The average Bonchev–Trinajstić information content (AvgIpc) is 3.13. The zero-order valence-electron chi connectivity index (χ0n) is 17.8. The maximum Gasteiger partial charge on any atom is 0.337 e. The SMILES string of the molecule is COC(=O)c1ccc(C2c3c(oc4ccccc4c3=O)C(=O)N2c2ccc(C)c(Cl)c2)cc1. The minimum atomic E-state index is -0.751. The molecule has 164 valence electrons. The van der Waals surface area contributed by atoms with Crippen molar-refractivity contribution in [3.8, 4) is 0 Å². The number of rotatable bonds is 3. The number of hydrogen-bond donors (Lipinski definition) is 0. The van der Waals surface area contributed by atoms with Crippen molar-refractivity contribution in [2.24, 2.45) is 0 Å². The van der Waals surface area contributed by atoms with Gasteiger partial charge < -0.3 is 9.15 Å². The number of carbonyl (C=O) groups is 2.